The molecule has 4 unspecified atom stereocenters. The number of nitrogens with zero attached hydrogens (tertiary/aromatic N) is 4. The third kappa shape index (κ3) is 7.97. The van der Waals surface area contributed by atoms with E-state index in [1.807, 2.05) is 6.07 Å². The Bertz CT molecular complexity index is 1340. The highest BCUT2D eigenvalue weighted by molar-refractivity contribution is 5.44. The van der Waals surface area contributed by atoms with Gasteiger partial charge in [-0.25, -0.2) is 9.37 Å². The molecule has 1 aromatic heterocycles. The van der Waals surface area contributed by atoms with Crippen molar-refractivity contribution in [2.75, 3.05) is 58.4 Å². The molecule has 0 N–H and O–H groups in total. The number of benzene rings is 2. The van der Waals surface area contributed by atoms with Gasteiger partial charge in [0.05, 0.1) is 31.5 Å². The molecule has 4 atom stereocenters. The number of hydrogen-bond donors (Lipinski definition) is 0. The summed E-state index contributed by atoms with van der Waals surface area (Å²) in [5, 5.41) is 0. The fourth-order valence-electron chi connectivity index (χ4n) is 8.03. The molecule has 2 aromatic carbocycles. The van der Waals surface area contributed by atoms with Crippen molar-refractivity contribution in [3.05, 3.63) is 83.1 Å². The third-order valence-electron chi connectivity index (χ3n) is 10.0. The summed E-state index contributed by atoms with van der Waals surface area (Å²) in [6.07, 6.45) is 6.64. The second-order valence-electron chi connectivity index (χ2n) is 13.8. The number of rotatable bonds is 10. The van der Waals surface area contributed by atoms with Crippen molar-refractivity contribution in [2.45, 2.75) is 76.7 Å². The van der Waals surface area contributed by atoms with Crippen LogP contribution in [0, 0.1) is 17.7 Å². The summed E-state index contributed by atoms with van der Waals surface area (Å²) < 4.78 is 32.9. The monoisotopic (exact) mass is 618 g/mol. The Morgan fingerprint density at radius 2 is 1.64 bits per heavy atom. The minimum Gasteiger partial charge on any atom is -0.423 e. The van der Waals surface area contributed by atoms with Gasteiger partial charge >= 0.3 is 0 Å². The maximum atomic E-state index is 14.2. The van der Waals surface area contributed by atoms with E-state index in [2.05, 4.69) is 79.0 Å². The molecular weight excluding hydrogens is 567 g/mol. The lowest BCUT2D eigenvalue weighted by atomic mass is 9.74. The molecule has 45 heavy (non-hydrogen) atoms. The van der Waals surface area contributed by atoms with E-state index in [0.29, 0.717) is 11.8 Å². The molecule has 1 aliphatic carbocycles. The third-order valence-corrected chi connectivity index (χ3v) is 10.0. The first-order valence-electron chi connectivity index (χ1n) is 17.0. The van der Waals surface area contributed by atoms with Gasteiger partial charge < -0.3 is 23.7 Å². The molecule has 3 aliphatic rings. The Balaban J connectivity index is 1.23. The van der Waals surface area contributed by atoms with Crippen LogP contribution in [0.5, 0.6) is 0 Å². The summed E-state index contributed by atoms with van der Waals surface area (Å²) in [6.45, 7) is 9.13. The lowest BCUT2D eigenvalue weighted by molar-refractivity contribution is -0.00752. The van der Waals surface area contributed by atoms with Gasteiger partial charge in [0.15, 0.2) is 0 Å². The largest absolute Gasteiger partial charge is 0.423 e. The zero-order valence-electron chi connectivity index (χ0n) is 27.5. The first-order chi connectivity index (χ1) is 21.8. The van der Waals surface area contributed by atoms with Crippen LogP contribution in [0.3, 0.4) is 0 Å². The quantitative estimate of drug-likeness (QED) is 0.245. The van der Waals surface area contributed by atoms with Crippen LogP contribution in [0.4, 0.5) is 10.3 Å². The number of hydrogen-bond acceptors (Lipinski definition) is 7. The van der Waals surface area contributed by atoms with Crippen LogP contribution >= 0.6 is 0 Å². The van der Waals surface area contributed by atoms with E-state index < -0.39 is 0 Å². The molecule has 7 nitrogen and oxygen atoms in total. The Kier molecular flexibility index (Phi) is 10.6. The van der Waals surface area contributed by atoms with E-state index in [1.54, 1.807) is 12.1 Å². The Labute approximate surface area is 268 Å². The summed E-state index contributed by atoms with van der Waals surface area (Å²) in [6, 6.07) is 18.1. The molecule has 2 saturated heterocycles. The van der Waals surface area contributed by atoms with Gasteiger partial charge in [-0.1, -0.05) is 55.3 Å². The average molecular weight is 619 g/mol. The van der Waals surface area contributed by atoms with Crippen LogP contribution < -0.4 is 4.90 Å². The van der Waals surface area contributed by atoms with E-state index in [-0.39, 0.29) is 30.1 Å². The van der Waals surface area contributed by atoms with Gasteiger partial charge in [-0.3, -0.25) is 4.90 Å². The van der Waals surface area contributed by atoms with Crippen molar-refractivity contribution in [2.24, 2.45) is 11.8 Å². The molecule has 0 radical (unpaired) electrons. The SMILES string of the molecule is CC1CN(c2oc(C(CC3CCC(C(c4cccc(F)c4)N(C)C)CC3)N3CCOCC3)nc2Cc2ccccc2)CC(C)O1. The van der Waals surface area contributed by atoms with Crippen molar-refractivity contribution in [1.29, 1.82) is 0 Å². The molecule has 0 amide bonds. The highest BCUT2D eigenvalue weighted by atomic mass is 19.1. The predicted octanol–water partition coefficient (Wildman–Crippen LogP) is 6.89. The standard InChI is InChI=1S/C37H51FN4O3/c1-26-24-42(25-27(2)44-26)37-33(21-28-9-6-5-7-10-28)39-36(45-37)34(41-17-19-43-20-18-41)22-29-13-15-30(16-14-29)35(40(3)4)31-11-8-12-32(38)23-31/h5-12,23,26-27,29-30,34-35H,13-22,24-25H2,1-4H3. The van der Waals surface area contributed by atoms with Crippen LogP contribution in [0.1, 0.15) is 80.7 Å². The Morgan fingerprint density at radius 3 is 2.31 bits per heavy atom. The highest BCUT2D eigenvalue weighted by Gasteiger charge is 2.36. The molecule has 1 saturated carbocycles. The molecule has 244 valence electrons. The fourth-order valence-corrected chi connectivity index (χ4v) is 8.03. The summed E-state index contributed by atoms with van der Waals surface area (Å²) in [4.78, 5) is 12.5. The number of anilines is 1. The van der Waals surface area contributed by atoms with E-state index in [0.717, 1.165) is 101 Å². The Hall–Kier alpha value is -2.78. The van der Waals surface area contributed by atoms with Crippen LogP contribution in [0.2, 0.25) is 0 Å². The molecule has 3 aromatic rings. The van der Waals surface area contributed by atoms with Crippen molar-refractivity contribution < 1.29 is 18.3 Å². The first kappa shape index (κ1) is 32.2. The van der Waals surface area contributed by atoms with Gasteiger partial charge in [0.2, 0.25) is 11.8 Å². The second kappa shape index (κ2) is 14.8. The summed E-state index contributed by atoms with van der Waals surface area (Å²) in [7, 11) is 4.25. The smallest absolute Gasteiger partial charge is 0.220 e. The van der Waals surface area contributed by atoms with Gasteiger partial charge in [0, 0.05) is 38.6 Å². The van der Waals surface area contributed by atoms with Crippen LogP contribution in [-0.4, -0.2) is 80.5 Å². The lowest BCUT2D eigenvalue weighted by Crippen LogP contribution is -2.45. The fraction of sp³-hybridized carbons (Fsp3) is 0.595. The number of ether oxygens (including phenoxy) is 2. The molecule has 2 aliphatic heterocycles. The average Bonchev–Trinajstić information content (AvgIpc) is 3.44. The molecule has 3 fully saturated rings. The zero-order valence-corrected chi connectivity index (χ0v) is 27.5. The van der Waals surface area contributed by atoms with E-state index in [9.17, 15) is 4.39 Å². The van der Waals surface area contributed by atoms with Gasteiger partial charge in [-0.2, -0.15) is 0 Å². The maximum absolute atomic E-state index is 14.2. The molecular formula is C37H51FN4O3. The minimum absolute atomic E-state index is 0.113. The van der Waals surface area contributed by atoms with Crippen LogP contribution in [0.25, 0.3) is 0 Å². The molecule has 8 heteroatoms. The zero-order chi connectivity index (χ0) is 31.3. The molecule has 0 spiro atoms. The van der Waals surface area contributed by atoms with E-state index in [4.69, 9.17) is 18.9 Å². The van der Waals surface area contributed by atoms with E-state index in [1.165, 1.54) is 5.56 Å². The maximum Gasteiger partial charge on any atom is 0.220 e. The summed E-state index contributed by atoms with van der Waals surface area (Å²) >= 11 is 0. The second-order valence-corrected chi connectivity index (χ2v) is 13.8. The van der Waals surface area contributed by atoms with Crippen molar-refractivity contribution in [3.8, 4) is 0 Å². The normalized spacial score (nSPS) is 26.2. The lowest BCUT2D eigenvalue weighted by Gasteiger charge is -2.40. The topological polar surface area (TPSA) is 54.2 Å². The van der Waals surface area contributed by atoms with Crippen molar-refractivity contribution in [3.63, 3.8) is 0 Å². The molecule has 3 heterocycles. The first-order valence-corrected chi connectivity index (χ1v) is 17.0. The van der Waals surface area contributed by atoms with E-state index >= 15 is 0 Å². The summed E-state index contributed by atoms with van der Waals surface area (Å²) in [5.41, 5.74) is 3.34. The molecule has 0 bridgehead atoms. The van der Waals surface area contributed by atoms with Gasteiger partial charge in [-0.05, 0) is 82.3 Å². The van der Waals surface area contributed by atoms with Crippen LogP contribution in [0.15, 0.2) is 59.0 Å². The van der Waals surface area contributed by atoms with Gasteiger partial charge in [-0.15, -0.1) is 0 Å². The van der Waals surface area contributed by atoms with Crippen molar-refractivity contribution in [1.82, 2.24) is 14.8 Å². The summed E-state index contributed by atoms with van der Waals surface area (Å²) in [5.74, 6) is 2.69. The van der Waals surface area contributed by atoms with Gasteiger partial charge in [0.25, 0.3) is 0 Å². The molecule has 6 rings (SSSR count). The van der Waals surface area contributed by atoms with Crippen molar-refractivity contribution >= 4 is 5.88 Å². The number of oxazole rings is 1. The highest BCUT2D eigenvalue weighted by Crippen LogP contribution is 2.43. The Morgan fingerprint density at radius 1 is 0.933 bits per heavy atom. The predicted molar refractivity (Wildman–Crippen MR) is 176 cm³/mol. The number of aromatic nitrogens is 1. The minimum atomic E-state index is -0.153. The number of halogens is 1. The van der Waals surface area contributed by atoms with Crippen LogP contribution in [-0.2, 0) is 15.9 Å². The number of morpholine rings is 2. The van der Waals surface area contributed by atoms with Gasteiger partial charge in [0.1, 0.15) is 11.5 Å².